The Labute approximate surface area is 139 Å². The first-order valence-electron chi connectivity index (χ1n) is 7.81. The van der Waals surface area contributed by atoms with Crippen molar-refractivity contribution in [2.45, 2.75) is 64.4 Å². The van der Waals surface area contributed by atoms with E-state index in [0.717, 1.165) is 18.6 Å². The minimum atomic E-state index is -0.742. The van der Waals surface area contributed by atoms with Gasteiger partial charge < -0.3 is 15.7 Å². The Morgan fingerprint density at radius 3 is 2.59 bits per heavy atom. The normalized spacial score (nSPS) is 15.7. The van der Waals surface area contributed by atoms with E-state index in [2.05, 4.69) is 42.3 Å². The fourth-order valence-electron chi connectivity index (χ4n) is 1.99. The van der Waals surface area contributed by atoms with Gasteiger partial charge in [0.15, 0.2) is 0 Å². The van der Waals surface area contributed by atoms with Crippen LogP contribution < -0.4 is 10.6 Å². The maximum absolute atomic E-state index is 10.3. The van der Waals surface area contributed by atoms with E-state index < -0.39 is 6.23 Å². The molecule has 0 aliphatic rings. The molecule has 4 N–H and O–H groups in total. The van der Waals surface area contributed by atoms with Crippen molar-refractivity contribution in [3.63, 3.8) is 0 Å². The third-order valence-electron chi connectivity index (χ3n) is 3.14. The smallest absolute Gasteiger partial charge is 0.140 e. The second kappa shape index (κ2) is 12.7. The number of thioether (sulfide) groups is 1. The first kappa shape index (κ1) is 21.1. The van der Waals surface area contributed by atoms with Gasteiger partial charge in [0.1, 0.15) is 6.23 Å². The Kier molecular flexibility index (Phi) is 12.2. The first-order chi connectivity index (χ1) is 10.4. The molecule has 0 fully saturated rings. The minimum Gasteiger partial charge on any atom is -0.372 e. The van der Waals surface area contributed by atoms with Crippen LogP contribution in [-0.2, 0) is 0 Å². The summed E-state index contributed by atoms with van der Waals surface area (Å²) >= 11 is 1.76. The number of rotatable bonds is 12. The summed E-state index contributed by atoms with van der Waals surface area (Å²) in [5, 5.41) is 24.5. The SMILES string of the molecule is C=C/C=N\C(C)CCC(=N)NC(O)C(CCSC)NC(C)C. The molecule has 22 heavy (non-hydrogen) atoms. The Balaban J connectivity index is 4.27. The highest BCUT2D eigenvalue weighted by Gasteiger charge is 2.20. The van der Waals surface area contributed by atoms with Crippen molar-refractivity contribution in [2.75, 3.05) is 12.0 Å². The third-order valence-corrected chi connectivity index (χ3v) is 3.79. The van der Waals surface area contributed by atoms with Gasteiger partial charge >= 0.3 is 0 Å². The van der Waals surface area contributed by atoms with Gasteiger partial charge in [0, 0.05) is 24.7 Å². The van der Waals surface area contributed by atoms with Gasteiger partial charge in [-0.25, -0.2) is 0 Å². The number of nitrogens with zero attached hydrogens (tertiary/aromatic N) is 1. The van der Waals surface area contributed by atoms with Gasteiger partial charge in [-0.3, -0.25) is 10.4 Å². The van der Waals surface area contributed by atoms with Gasteiger partial charge in [0.2, 0.25) is 0 Å². The summed E-state index contributed by atoms with van der Waals surface area (Å²) in [6.45, 7) is 9.71. The van der Waals surface area contributed by atoms with Crippen LogP contribution in [-0.4, -0.2) is 53.5 Å². The molecule has 0 radical (unpaired) electrons. The van der Waals surface area contributed by atoms with E-state index in [1.807, 2.05) is 6.92 Å². The second-order valence-corrected chi connectivity index (χ2v) is 6.68. The van der Waals surface area contributed by atoms with Gasteiger partial charge in [-0.1, -0.05) is 26.5 Å². The predicted molar refractivity (Wildman–Crippen MR) is 99.3 cm³/mol. The van der Waals surface area contributed by atoms with Crippen LogP contribution in [0.15, 0.2) is 17.6 Å². The standard InChI is InChI=1S/C16H32N4OS/c1-6-10-18-13(4)7-8-15(17)20-16(21)14(9-11-22-5)19-12(2)3/h6,10,12-14,16,19,21H,1,7-9,11H2,2-5H3,(H2,17,20)/b18-10-. The summed E-state index contributed by atoms with van der Waals surface area (Å²) in [6.07, 6.45) is 6.85. The average molecular weight is 329 g/mol. The highest BCUT2D eigenvalue weighted by molar-refractivity contribution is 7.98. The zero-order valence-electron chi connectivity index (χ0n) is 14.3. The molecule has 0 aromatic carbocycles. The van der Waals surface area contributed by atoms with Gasteiger partial charge in [-0.15, -0.1) is 0 Å². The largest absolute Gasteiger partial charge is 0.372 e. The molecule has 0 amide bonds. The summed E-state index contributed by atoms with van der Waals surface area (Å²) < 4.78 is 0. The Morgan fingerprint density at radius 1 is 1.36 bits per heavy atom. The fourth-order valence-corrected chi connectivity index (χ4v) is 2.48. The fraction of sp³-hybridized carbons (Fsp3) is 0.750. The lowest BCUT2D eigenvalue weighted by Crippen LogP contribution is -2.52. The molecule has 0 spiro atoms. The summed E-state index contributed by atoms with van der Waals surface area (Å²) in [4.78, 5) is 4.26. The third kappa shape index (κ3) is 10.8. The Bertz CT molecular complexity index is 347. The molecule has 0 bridgehead atoms. The van der Waals surface area contributed by atoms with Crippen LogP contribution in [0.25, 0.3) is 0 Å². The van der Waals surface area contributed by atoms with Crippen molar-refractivity contribution >= 4 is 23.8 Å². The van der Waals surface area contributed by atoms with Crippen molar-refractivity contribution in [3.8, 4) is 0 Å². The molecule has 0 saturated heterocycles. The lowest BCUT2D eigenvalue weighted by atomic mass is 10.1. The van der Waals surface area contributed by atoms with E-state index >= 15 is 0 Å². The molecule has 0 aromatic heterocycles. The molecule has 3 unspecified atom stereocenters. The molecule has 0 aliphatic carbocycles. The van der Waals surface area contributed by atoms with Gasteiger partial charge in [0.05, 0.1) is 11.9 Å². The molecule has 128 valence electrons. The zero-order chi connectivity index (χ0) is 17.0. The maximum atomic E-state index is 10.3. The number of aliphatic imine (C=N–C) groups is 1. The van der Waals surface area contributed by atoms with E-state index in [4.69, 9.17) is 5.41 Å². The van der Waals surface area contributed by atoms with Crippen LogP contribution in [0.2, 0.25) is 0 Å². The Hall–Kier alpha value is -0.850. The number of aliphatic hydroxyl groups is 1. The van der Waals surface area contributed by atoms with Crippen molar-refractivity contribution in [1.82, 2.24) is 10.6 Å². The van der Waals surface area contributed by atoms with Gasteiger partial charge in [0.25, 0.3) is 0 Å². The number of allylic oxidation sites excluding steroid dienone is 1. The lowest BCUT2D eigenvalue weighted by Gasteiger charge is -2.27. The van der Waals surface area contributed by atoms with Crippen molar-refractivity contribution in [2.24, 2.45) is 4.99 Å². The lowest BCUT2D eigenvalue weighted by molar-refractivity contribution is 0.107. The summed E-state index contributed by atoms with van der Waals surface area (Å²) in [5.41, 5.74) is 0. The average Bonchev–Trinajstić information content (AvgIpc) is 2.46. The van der Waals surface area contributed by atoms with Crippen molar-refractivity contribution in [1.29, 1.82) is 5.41 Å². The number of hydrogen-bond acceptors (Lipinski definition) is 5. The number of hydrogen-bond donors (Lipinski definition) is 4. The highest BCUT2D eigenvalue weighted by atomic mass is 32.2. The van der Waals surface area contributed by atoms with Crippen molar-refractivity contribution < 1.29 is 5.11 Å². The van der Waals surface area contributed by atoms with Crippen LogP contribution in [0.3, 0.4) is 0 Å². The van der Waals surface area contributed by atoms with Crippen LogP contribution in [0.5, 0.6) is 0 Å². The van der Waals surface area contributed by atoms with Crippen molar-refractivity contribution in [3.05, 3.63) is 12.7 Å². The van der Waals surface area contributed by atoms with E-state index in [1.54, 1.807) is 24.1 Å². The molecule has 0 saturated carbocycles. The number of aliphatic hydroxyl groups excluding tert-OH is 1. The molecule has 0 rings (SSSR count). The maximum Gasteiger partial charge on any atom is 0.140 e. The van der Waals surface area contributed by atoms with Crippen LogP contribution >= 0.6 is 11.8 Å². The zero-order valence-corrected chi connectivity index (χ0v) is 15.1. The molecular formula is C16H32N4OS. The van der Waals surface area contributed by atoms with E-state index in [1.165, 1.54) is 0 Å². The van der Waals surface area contributed by atoms with Gasteiger partial charge in [-0.05, 0) is 31.8 Å². The molecule has 3 atom stereocenters. The predicted octanol–water partition coefficient (Wildman–Crippen LogP) is 2.42. The second-order valence-electron chi connectivity index (χ2n) is 5.70. The quantitative estimate of drug-likeness (QED) is 0.252. The van der Waals surface area contributed by atoms with E-state index in [-0.39, 0.29) is 12.1 Å². The molecule has 0 heterocycles. The monoisotopic (exact) mass is 328 g/mol. The molecular weight excluding hydrogens is 296 g/mol. The van der Waals surface area contributed by atoms with Crippen LogP contribution in [0.4, 0.5) is 0 Å². The molecule has 0 aromatic rings. The van der Waals surface area contributed by atoms with Crippen LogP contribution in [0.1, 0.15) is 40.0 Å². The summed E-state index contributed by atoms with van der Waals surface area (Å²) in [5.74, 6) is 1.33. The van der Waals surface area contributed by atoms with Crippen LogP contribution in [0, 0.1) is 5.41 Å². The topological polar surface area (TPSA) is 80.5 Å². The number of amidine groups is 1. The summed E-state index contributed by atoms with van der Waals surface area (Å²) in [7, 11) is 0. The number of nitrogens with one attached hydrogen (secondary N) is 3. The molecule has 6 heteroatoms. The Morgan fingerprint density at radius 2 is 2.05 bits per heavy atom. The first-order valence-corrected chi connectivity index (χ1v) is 9.21. The van der Waals surface area contributed by atoms with E-state index in [9.17, 15) is 5.11 Å². The highest BCUT2D eigenvalue weighted by Crippen LogP contribution is 2.06. The van der Waals surface area contributed by atoms with Gasteiger partial charge in [-0.2, -0.15) is 11.8 Å². The molecule has 5 nitrogen and oxygen atoms in total. The molecule has 0 aliphatic heterocycles. The van der Waals surface area contributed by atoms with E-state index in [0.29, 0.717) is 18.3 Å². The minimum absolute atomic E-state index is 0.0518. The summed E-state index contributed by atoms with van der Waals surface area (Å²) in [6, 6.07) is 0.396.